The Morgan fingerprint density at radius 3 is 2.45 bits per heavy atom. The van der Waals surface area contributed by atoms with Crippen molar-refractivity contribution in [1.82, 2.24) is 9.80 Å². The molecule has 2 aromatic carbocycles. The van der Waals surface area contributed by atoms with Crippen LogP contribution in [0.3, 0.4) is 0 Å². The minimum Gasteiger partial charge on any atom is -0.486 e. The predicted octanol–water partition coefficient (Wildman–Crippen LogP) is 3.44. The first-order chi connectivity index (χ1) is 16.2. The van der Waals surface area contributed by atoms with Crippen LogP contribution in [0, 0.1) is 5.92 Å². The standard InChI is InChI=1S/C26H30N2O5/c29-25(18-33-21-5-2-1-3-6-21)27-13-10-19(11-14-27)26(30)28-12-4-7-22(28)20-8-9-23-24(17-20)32-16-15-31-23/h1-3,5-6,8-9,17,19,22H,4,7,10-16,18H2. The van der Waals surface area contributed by atoms with Gasteiger partial charge in [-0.05, 0) is 55.5 Å². The van der Waals surface area contributed by atoms with E-state index >= 15 is 0 Å². The molecule has 3 aliphatic heterocycles. The van der Waals surface area contributed by atoms with Crippen LogP contribution in [0.25, 0.3) is 0 Å². The van der Waals surface area contributed by atoms with Crippen LogP contribution in [0.5, 0.6) is 17.2 Å². The summed E-state index contributed by atoms with van der Waals surface area (Å²) in [4.78, 5) is 29.8. The van der Waals surface area contributed by atoms with Crippen LogP contribution in [0.1, 0.15) is 37.3 Å². The van der Waals surface area contributed by atoms with E-state index < -0.39 is 0 Å². The summed E-state index contributed by atoms with van der Waals surface area (Å²) in [6, 6.07) is 15.5. The van der Waals surface area contributed by atoms with Crippen molar-refractivity contribution in [3.63, 3.8) is 0 Å². The number of amides is 2. The molecule has 174 valence electrons. The highest BCUT2D eigenvalue weighted by atomic mass is 16.6. The van der Waals surface area contributed by atoms with E-state index in [2.05, 4.69) is 6.07 Å². The smallest absolute Gasteiger partial charge is 0.260 e. The number of carbonyl (C=O) groups excluding carboxylic acids is 2. The van der Waals surface area contributed by atoms with Crippen LogP contribution in [0.2, 0.25) is 0 Å². The van der Waals surface area contributed by atoms with Crippen molar-refractivity contribution in [2.45, 2.75) is 31.7 Å². The average molecular weight is 451 g/mol. The van der Waals surface area contributed by atoms with E-state index in [1.54, 1.807) is 0 Å². The van der Waals surface area contributed by atoms with Crippen molar-refractivity contribution in [2.75, 3.05) is 39.5 Å². The molecule has 2 fully saturated rings. The van der Waals surface area contributed by atoms with Crippen molar-refractivity contribution in [3.05, 3.63) is 54.1 Å². The molecule has 1 unspecified atom stereocenters. The normalized spacial score (nSPS) is 20.5. The van der Waals surface area contributed by atoms with E-state index in [9.17, 15) is 9.59 Å². The van der Waals surface area contributed by atoms with Gasteiger partial charge in [0.25, 0.3) is 5.91 Å². The summed E-state index contributed by atoms with van der Waals surface area (Å²) in [7, 11) is 0. The van der Waals surface area contributed by atoms with Gasteiger partial charge in [0.15, 0.2) is 18.1 Å². The lowest BCUT2D eigenvalue weighted by molar-refractivity contribution is -0.142. The van der Waals surface area contributed by atoms with Crippen LogP contribution in [-0.2, 0) is 9.59 Å². The first-order valence-corrected chi connectivity index (χ1v) is 11.8. The van der Waals surface area contributed by atoms with E-state index in [4.69, 9.17) is 14.2 Å². The van der Waals surface area contributed by atoms with Gasteiger partial charge in [0.1, 0.15) is 19.0 Å². The Morgan fingerprint density at radius 1 is 0.909 bits per heavy atom. The average Bonchev–Trinajstić information content (AvgIpc) is 3.37. The van der Waals surface area contributed by atoms with Crippen molar-refractivity contribution in [3.8, 4) is 17.2 Å². The zero-order valence-corrected chi connectivity index (χ0v) is 18.8. The van der Waals surface area contributed by atoms with Gasteiger partial charge in [0, 0.05) is 25.6 Å². The van der Waals surface area contributed by atoms with E-state index in [0.717, 1.165) is 36.4 Å². The lowest BCUT2D eigenvalue weighted by Gasteiger charge is -2.35. The fourth-order valence-corrected chi connectivity index (χ4v) is 5.01. The van der Waals surface area contributed by atoms with Gasteiger partial charge in [-0.2, -0.15) is 0 Å². The van der Waals surface area contributed by atoms with Gasteiger partial charge in [0.05, 0.1) is 6.04 Å². The minimum absolute atomic E-state index is 0.0277. The highest BCUT2D eigenvalue weighted by molar-refractivity contribution is 5.81. The van der Waals surface area contributed by atoms with E-state index in [1.165, 1.54) is 0 Å². The van der Waals surface area contributed by atoms with Gasteiger partial charge in [-0.1, -0.05) is 24.3 Å². The van der Waals surface area contributed by atoms with E-state index in [1.807, 2.05) is 52.3 Å². The Hall–Kier alpha value is -3.22. The fourth-order valence-electron chi connectivity index (χ4n) is 5.01. The van der Waals surface area contributed by atoms with Crippen LogP contribution >= 0.6 is 0 Å². The second-order valence-corrected chi connectivity index (χ2v) is 8.85. The van der Waals surface area contributed by atoms with Crippen molar-refractivity contribution in [2.24, 2.45) is 5.92 Å². The molecule has 0 aromatic heterocycles. The number of nitrogens with zero attached hydrogens (tertiary/aromatic N) is 2. The molecule has 3 heterocycles. The van der Waals surface area contributed by atoms with Gasteiger partial charge >= 0.3 is 0 Å². The maximum absolute atomic E-state index is 13.4. The molecule has 3 aliphatic rings. The van der Waals surface area contributed by atoms with Crippen molar-refractivity contribution in [1.29, 1.82) is 0 Å². The Kier molecular flexibility index (Phi) is 6.37. The fraction of sp³-hybridized carbons (Fsp3) is 0.462. The monoisotopic (exact) mass is 450 g/mol. The summed E-state index contributed by atoms with van der Waals surface area (Å²) in [6.45, 7) is 3.12. The Morgan fingerprint density at radius 2 is 1.67 bits per heavy atom. The first-order valence-electron chi connectivity index (χ1n) is 11.8. The minimum atomic E-state index is -0.0399. The molecule has 0 bridgehead atoms. The molecule has 7 heteroatoms. The number of para-hydroxylation sites is 1. The third-order valence-electron chi connectivity index (χ3n) is 6.79. The van der Waals surface area contributed by atoms with E-state index in [0.29, 0.717) is 44.9 Å². The molecule has 0 spiro atoms. The molecule has 0 N–H and O–H groups in total. The van der Waals surface area contributed by atoms with Gasteiger partial charge in [0.2, 0.25) is 5.91 Å². The molecule has 2 amide bonds. The van der Waals surface area contributed by atoms with Crippen molar-refractivity contribution < 1.29 is 23.8 Å². The zero-order valence-electron chi connectivity index (χ0n) is 18.8. The first kappa shape index (κ1) is 21.6. The summed E-state index contributed by atoms with van der Waals surface area (Å²) in [6.07, 6.45) is 3.35. The Labute approximate surface area is 194 Å². The summed E-state index contributed by atoms with van der Waals surface area (Å²) in [5.74, 6) is 2.37. The van der Waals surface area contributed by atoms with Gasteiger partial charge in [-0.15, -0.1) is 0 Å². The van der Waals surface area contributed by atoms with E-state index in [-0.39, 0.29) is 30.4 Å². The van der Waals surface area contributed by atoms with Crippen LogP contribution in [-0.4, -0.2) is 61.1 Å². The summed E-state index contributed by atoms with van der Waals surface area (Å²) in [5.41, 5.74) is 1.11. The predicted molar refractivity (Wildman–Crippen MR) is 122 cm³/mol. The Bertz CT molecular complexity index is 987. The maximum Gasteiger partial charge on any atom is 0.260 e. The number of ether oxygens (including phenoxy) is 3. The number of likely N-dealkylation sites (tertiary alicyclic amines) is 2. The summed E-state index contributed by atoms with van der Waals surface area (Å²) < 4.78 is 17.0. The Balaban J connectivity index is 1.16. The second kappa shape index (κ2) is 9.73. The van der Waals surface area contributed by atoms with Crippen LogP contribution < -0.4 is 14.2 Å². The highest BCUT2D eigenvalue weighted by Crippen LogP contribution is 2.39. The topological polar surface area (TPSA) is 68.3 Å². The maximum atomic E-state index is 13.4. The number of hydrogen-bond donors (Lipinski definition) is 0. The van der Waals surface area contributed by atoms with Crippen LogP contribution in [0.4, 0.5) is 0 Å². The molecule has 0 saturated carbocycles. The molecular weight excluding hydrogens is 420 g/mol. The second-order valence-electron chi connectivity index (χ2n) is 8.85. The van der Waals surface area contributed by atoms with Gasteiger partial charge in [-0.25, -0.2) is 0 Å². The molecule has 33 heavy (non-hydrogen) atoms. The quantitative estimate of drug-likeness (QED) is 0.698. The molecule has 1 atom stereocenters. The number of hydrogen-bond acceptors (Lipinski definition) is 5. The van der Waals surface area contributed by atoms with Crippen LogP contribution in [0.15, 0.2) is 48.5 Å². The number of rotatable bonds is 5. The third-order valence-corrected chi connectivity index (χ3v) is 6.79. The number of piperidine rings is 1. The lowest BCUT2D eigenvalue weighted by atomic mass is 9.94. The molecule has 0 radical (unpaired) electrons. The zero-order chi connectivity index (χ0) is 22.6. The summed E-state index contributed by atoms with van der Waals surface area (Å²) >= 11 is 0. The molecule has 5 rings (SSSR count). The van der Waals surface area contributed by atoms with Gasteiger partial charge < -0.3 is 24.0 Å². The van der Waals surface area contributed by atoms with Crippen molar-refractivity contribution >= 4 is 11.8 Å². The largest absolute Gasteiger partial charge is 0.486 e. The number of carbonyl (C=O) groups is 2. The molecule has 2 saturated heterocycles. The summed E-state index contributed by atoms with van der Waals surface area (Å²) in [5, 5.41) is 0. The molecule has 0 aliphatic carbocycles. The molecule has 2 aromatic rings. The third kappa shape index (κ3) is 4.77. The van der Waals surface area contributed by atoms with Gasteiger partial charge in [-0.3, -0.25) is 9.59 Å². The molecular formula is C26H30N2O5. The number of fused-ring (bicyclic) bond motifs is 1. The SMILES string of the molecule is O=C(COc1ccccc1)N1CCC(C(=O)N2CCCC2c2ccc3c(c2)OCCO3)CC1. The lowest BCUT2D eigenvalue weighted by Crippen LogP contribution is -2.45. The molecule has 7 nitrogen and oxygen atoms in total. The highest BCUT2D eigenvalue weighted by Gasteiger charge is 2.36. The number of benzene rings is 2.